The molecule has 25 heavy (non-hydrogen) atoms. The van der Waals surface area contributed by atoms with E-state index >= 15 is 0 Å². The molecule has 2 rings (SSSR count). The molecule has 0 saturated carbocycles. The molecule has 8 nitrogen and oxygen atoms in total. The van der Waals surface area contributed by atoms with Crippen molar-refractivity contribution < 1.29 is 18.0 Å². The standard InChI is InChI=1S/C16H24N4O4S/c1-12(2)17-16(22)19-8-10-20(11-9-19)25(23,24)15-6-4-14(5-7-15)18-13(3)21/h4-7,12H,8-11H2,1-3H3,(H,17,22)(H,18,21). The van der Waals surface area contributed by atoms with Crippen LogP contribution < -0.4 is 10.6 Å². The number of urea groups is 1. The fraction of sp³-hybridized carbons (Fsp3) is 0.500. The van der Waals surface area contributed by atoms with Gasteiger partial charge in [0.15, 0.2) is 0 Å². The van der Waals surface area contributed by atoms with Crippen molar-refractivity contribution >= 4 is 27.6 Å². The van der Waals surface area contributed by atoms with E-state index in [9.17, 15) is 18.0 Å². The molecule has 1 aliphatic heterocycles. The molecule has 0 bridgehead atoms. The monoisotopic (exact) mass is 368 g/mol. The van der Waals surface area contributed by atoms with Crippen LogP contribution in [-0.4, -0.2) is 61.8 Å². The SMILES string of the molecule is CC(=O)Nc1ccc(S(=O)(=O)N2CCN(C(=O)NC(C)C)CC2)cc1. The van der Waals surface area contributed by atoms with Crippen LogP contribution in [-0.2, 0) is 14.8 Å². The van der Waals surface area contributed by atoms with Crippen LogP contribution in [0.3, 0.4) is 0 Å². The molecule has 0 aliphatic carbocycles. The second-order valence-corrected chi connectivity index (χ2v) is 8.14. The first-order valence-corrected chi connectivity index (χ1v) is 9.57. The third-order valence-corrected chi connectivity index (χ3v) is 5.66. The van der Waals surface area contributed by atoms with E-state index in [0.717, 1.165) is 0 Å². The molecule has 0 aromatic heterocycles. The Bertz CT molecular complexity index is 723. The maximum atomic E-state index is 12.7. The normalized spacial score (nSPS) is 15.9. The van der Waals surface area contributed by atoms with E-state index in [1.54, 1.807) is 17.0 Å². The first-order chi connectivity index (χ1) is 11.7. The minimum Gasteiger partial charge on any atom is -0.336 e. The highest BCUT2D eigenvalue weighted by molar-refractivity contribution is 7.89. The summed E-state index contributed by atoms with van der Waals surface area (Å²) in [5, 5.41) is 5.40. The Kier molecular flexibility index (Phi) is 6.02. The second-order valence-electron chi connectivity index (χ2n) is 6.20. The summed E-state index contributed by atoms with van der Waals surface area (Å²) < 4.78 is 26.8. The van der Waals surface area contributed by atoms with Crippen LogP contribution in [0, 0.1) is 0 Å². The summed E-state index contributed by atoms with van der Waals surface area (Å²) in [6, 6.07) is 5.92. The van der Waals surface area contributed by atoms with Crippen LogP contribution in [0.1, 0.15) is 20.8 Å². The Morgan fingerprint density at radius 2 is 1.60 bits per heavy atom. The van der Waals surface area contributed by atoms with Crippen LogP contribution in [0.4, 0.5) is 10.5 Å². The maximum Gasteiger partial charge on any atom is 0.317 e. The van der Waals surface area contributed by atoms with Crippen molar-refractivity contribution in [2.24, 2.45) is 0 Å². The lowest BCUT2D eigenvalue weighted by Crippen LogP contribution is -2.53. The lowest BCUT2D eigenvalue weighted by atomic mass is 10.3. The van der Waals surface area contributed by atoms with E-state index in [1.807, 2.05) is 13.8 Å². The van der Waals surface area contributed by atoms with Gasteiger partial charge in [0.25, 0.3) is 0 Å². The smallest absolute Gasteiger partial charge is 0.317 e. The molecule has 1 fully saturated rings. The molecule has 9 heteroatoms. The van der Waals surface area contributed by atoms with Gasteiger partial charge in [-0.3, -0.25) is 4.79 Å². The fourth-order valence-electron chi connectivity index (χ4n) is 2.53. The molecule has 1 aliphatic rings. The Hall–Kier alpha value is -2.13. The molecule has 0 atom stereocenters. The topological polar surface area (TPSA) is 98.8 Å². The van der Waals surface area contributed by atoms with Gasteiger partial charge in [0.2, 0.25) is 15.9 Å². The highest BCUT2D eigenvalue weighted by Crippen LogP contribution is 2.20. The van der Waals surface area contributed by atoms with E-state index in [1.165, 1.54) is 23.4 Å². The summed E-state index contributed by atoms with van der Waals surface area (Å²) in [5.74, 6) is -0.216. The molecule has 0 radical (unpaired) electrons. The molecule has 1 aromatic carbocycles. The third-order valence-electron chi connectivity index (χ3n) is 3.75. The number of hydrogen-bond acceptors (Lipinski definition) is 4. The quantitative estimate of drug-likeness (QED) is 0.830. The predicted octanol–water partition coefficient (Wildman–Crippen LogP) is 1.07. The molecular weight excluding hydrogens is 344 g/mol. The number of hydrogen-bond donors (Lipinski definition) is 2. The molecule has 3 amide bonds. The van der Waals surface area contributed by atoms with Crippen LogP contribution in [0.2, 0.25) is 0 Å². The summed E-state index contributed by atoms with van der Waals surface area (Å²) in [7, 11) is -3.62. The molecular formula is C16H24N4O4S. The summed E-state index contributed by atoms with van der Waals surface area (Å²) in [6.07, 6.45) is 0. The molecule has 0 spiro atoms. The van der Waals surface area contributed by atoms with Gasteiger partial charge in [-0.05, 0) is 38.1 Å². The van der Waals surface area contributed by atoms with Gasteiger partial charge in [-0.2, -0.15) is 4.31 Å². The predicted molar refractivity (Wildman–Crippen MR) is 94.7 cm³/mol. The summed E-state index contributed by atoms with van der Waals surface area (Å²) in [6.45, 7) is 6.35. The van der Waals surface area contributed by atoms with Crippen molar-refractivity contribution in [2.75, 3.05) is 31.5 Å². The molecule has 2 N–H and O–H groups in total. The van der Waals surface area contributed by atoms with Crippen molar-refractivity contribution in [1.29, 1.82) is 0 Å². The van der Waals surface area contributed by atoms with E-state index < -0.39 is 10.0 Å². The fourth-order valence-corrected chi connectivity index (χ4v) is 3.95. The van der Waals surface area contributed by atoms with Gasteiger partial charge in [0.1, 0.15) is 0 Å². The van der Waals surface area contributed by atoms with E-state index in [4.69, 9.17) is 0 Å². The lowest BCUT2D eigenvalue weighted by Gasteiger charge is -2.34. The summed E-state index contributed by atoms with van der Waals surface area (Å²) in [4.78, 5) is 24.8. The molecule has 0 unspecified atom stereocenters. The largest absolute Gasteiger partial charge is 0.336 e. The van der Waals surface area contributed by atoms with Crippen molar-refractivity contribution in [3.63, 3.8) is 0 Å². The number of benzene rings is 1. The van der Waals surface area contributed by atoms with Crippen LogP contribution >= 0.6 is 0 Å². The molecule has 138 valence electrons. The van der Waals surface area contributed by atoms with Crippen molar-refractivity contribution in [3.05, 3.63) is 24.3 Å². The van der Waals surface area contributed by atoms with Gasteiger partial charge >= 0.3 is 6.03 Å². The number of nitrogens with zero attached hydrogens (tertiary/aromatic N) is 2. The number of nitrogens with one attached hydrogen (secondary N) is 2. The minimum atomic E-state index is -3.62. The highest BCUT2D eigenvalue weighted by Gasteiger charge is 2.30. The number of carbonyl (C=O) groups excluding carboxylic acids is 2. The third kappa shape index (κ3) is 4.93. The van der Waals surface area contributed by atoms with Gasteiger partial charge in [-0.25, -0.2) is 13.2 Å². The molecule has 1 saturated heterocycles. The highest BCUT2D eigenvalue weighted by atomic mass is 32.2. The average Bonchev–Trinajstić information content (AvgIpc) is 2.54. The summed E-state index contributed by atoms with van der Waals surface area (Å²) >= 11 is 0. The van der Waals surface area contributed by atoms with Gasteiger partial charge in [0.05, 0.1) is 4.90 Å². The Morgan fingerprint density at radius 3 is 2.08 bits per heavy atom. The number of piperazine rings is 1. The van der Waals surface area contributed by atoms with Gasteiger partial charge in [-0.15, -0.1) is 0 Å². The number of rotatable bonds is 4. The first-order valence-electron chi connectivity index (χ1n) is 8.13. The Morgan fingerprint density at radius 1 is 1.04 bits per heavy atom. The molecule has 1 heterocycles. The van der Waals surface area contributed by atoms with Crippen molar-refractivity contribution in [2.45, 2.75) is 31.7 Å². The minimum absolute atomic E-state index is 0.0383. The van der Waals surface area contributed by atoms with Gasteiger partial charge in [0, 0.05) is 44.8 Å². The first kappa shape index (κ1) is 19.2. The average molecular weight is 368 g/mol. The number of carbonyl (C=O) groups is 2. The number of sulfonamides is 1. The van der Waals surface area contributed by atoms with E-state index in [-0.39, 0.29) is 36.0 Å². The number of anilines is 1. The van der Waals surface area contributed by atoms with E-state index in [2.05, 4.69) is 10.6 Å². The van der Waals surface area contributed by atoms with Crippen LogP contribution in [0.25, 0.3) is 0 Å². The lowest BCUT2D eigenvalue weighted by molar-refractivity contribution is -0.114. The van der Waals surface area contributed by atoms with Crippen molar-refractivity contribution in [1.82, 2.24) is 14.5 Å². The van der Waals surface area contributed by atoms with E-state index in [0.29, 0.717) is 18.8 Å². The van der Waals surface area contributed by atoms with Crippen molar-refractivity contribution in [3.8, 4) is 0 Å². The second kappa shape index (κ2) is 7.83. The summed E-state index contributed by atoms with van der Waals surface area (Å²) in [5.41, 5.74) is 0.543. The molecule has 1 aromatic rings. The Balaban J connectivity index is 2.01. The zero-order chi connectivity index (χ0) is 18.6. The number of amides is 3. The zero-order valence-corrected chi connectivity index (χ0v) is 15.5. The van der Waals surface area contributed by atoms with Gasteiger partial charge < -0.3 is 15.5 Å². The zero-order valence-electron chi connectivity index (χ0n) is 14.7. The maximum absolute atomic E-state index is 12.7. The Labute approximate surface area is 148 Å². The van der Waals surface area contributed by atoms with Crippen LogP contribution in [0.15, 0.2) is 29.2 Å². The van der Waals surface area contributed by atoms with Crippen LogP contribution in [0.5, 0.6) is 0 Å². The van der Waals surface area contributed by atoms with Gasteiger partial charge in [-0.1, -0.05) is 0 Å².